The lowest BCUT2D eigenvalue weighted by atomic mass is 9.97. The zero-order valence-corrected chi connectivity index (χ0v) is 12.6. The van der Waals surface area contributed by atoms with E-state index in [2.05, 4.69) is 29.7 Å². The van der Waals surface area contributed by atoms with Crippen molar-refractivity contribution < 1.29 is 4.79 Å². The van der Waals surface area contributed by atoms with Gasteiger partial charge in [-0.1, -0.05) is 55.0 Å². The van der Waals surface area contributed by atoms with E-state index in [1.54, 1.807) is 0 Å². The van der Waals surface area contributed by atoms with Crippen LogP contribution in [0.2, 0.25) is 0 Å². The summed E-state index contributed by atoms with van der Waals surface area (Å²) in [5.41, 5.74) is 3.25. The Kier molecular flexibility index (Phi) is 5.38. The molecule has 2 aromatic carbocycles. The van der Waals surface area contributed by atoms with E-state index in [1.165, 1.54) is 11.1 Å². The van der Waals surface area contributed by atoms with Gasteiger partial charge >= 0.3 is 6.03 Å². The second kappa shape index (κ2) is 7.48. The van der Waals surface area contributed by atoms with Crippen LogP contribution in [0.25, 0.3) is 0 Å². The van der Waals surface area contributed by atoms with Gasteiger partial charge in [0.05, 0.1) is 0 Å². The van der Waals surface area contributed by atoms with Crippen molar-refractivity contribution in [1.82, 2.24) is 5.32 Å². The molecule has 0 heterocycles. The largest absolute Gasteiger partial charge is 0.337 e. The van der Waals surface area contributed by atoms with Crippen molar-refractivity contribution in [3.8, 4) is 0 Å². The molecule has 0 aliphatic heterocycles. The van der Waals surface area contributed by atoms with Gasteiger partial charge in [-0.25, -0.2) is 4.79 Å². The van der Waals surface area contributed by atoms with E-state index in [0.717, 1.165) is 12.1 Å². The molecule has 0 aliphatic rings. The molecule has 2 amide bonds. The van der Waals surface area contributed by atoms with E-state index in [4.69, 9.17) is 0 Å². The fourth-order valence-corrected chi connectivity index (χ4v) is 2.25. The van der Waals surface area contributed by atoms with E-state index in [1.807, 2.05) is 49.4 Å². The highest BCUT2D eigenvalue weighted by Crippen LogP contribution is 2.18. The van der Waals surface area contributed by atoms with Crippen LogP contribution in [-0.2, 0) is 0 Å². The number of benzene rings is 2. The predicted octanol–water partition coefficient (Wildman–Crippen LogP) is 4.31. The molecule has 3 nitrogen and oxygen atoms in total. The van der Waals surface area contributed by atoms with Gasteiger partial charge in [0.15, 0.2) is 0 Å². The molecule has 0 spiro atoms. The minimum atomic E-state index is -0.159. The number of urea groups is 1. The van der Waals surface area contributed by atoms with Gasteiger partial charge in [-0.05, 0) is 31.0 Å². The maximum absolute atomic E-state index is 11.9. The average Bonchev–Trinajstić information content (AvgIpc) is 2.51. The van der Waals surface area contributed by atoms with E-state index < -0.39 is 0 Å². The third kappa shape index (κ3) is 4.63. The Balaban J connectivity index is 1.86. The monoisotopic (exact) mass is 282 g/mol. The van der Waals surface area contributed by atoms with Gasteiger partial charge in [0.25, 0.3) is 0 Å². The summed E-state index contributed by atoms with van der Waals surface area (Å²) >= 11 is 0. The van der Waals surface area contributed by atoms with Gasteiger partial charge in [0.2, 0.25) is 0 Å². The quantitative estimate of drug-likeness (QED) is 0.843. The molecule has 21 heavy (non-hydrogen) atoms. The maximum Gasteiger partial charge on any atom is 0.319 e. The molecule has 0 fully saturated rings. The number of carbonyl (C=O) groups is 1. The summed E-state index contributed by atoms with van der Waals surface area (Å²) < 4.78 is 0. The summed E-state index contributed by atoms with van der Waals surface area (Å²) in [6.07, 6.45) is 0.995. The molecule has 0 bridgehead atoms. The van der Waals surface area contributed by atoms with Gasteiger partial charge in [-0.15, -0.1) is 0 Å². The van der Waals surface area contributed by atoms with Gasteiger partial charge in [-0.3, -0.25) is 0 Å². The third-order valence-electron chi connectivity index (χ3n) is 3.58. The van der Waals surface area contributed by atoms with Crippen LogP contribution in [0.15, 0.2) is 54.6 Å². The zero-order valence-electron chi connectivity index (χ0n) is 12.6. The Hall–Kier alpha value is -2.29. The van der Waals surface area contributed by atoms with E-state index in [0.29, 0.717) is 12.5 Å². The SMILES string of the molecule is CCC(CNC(=O)Nc1ccc(C)cc1)c1ccccc1. The normalized spacial score (nSPS) is 11.7. The lowest BCUT2D eigenvalue weighted by Crippen LogP contribution is -2.32. The molecule has 0 saturated carbocycles. The highest BCUT2D eigenvalue weighted by Gasteiger charge is 2.10. The van der Waals surface area contributed by atoms with Crippen molar-refractivity contribution >= 4 is 11.7 Å². The topological polar surface area (TPSA) is 41.1 Å². The lowest BCUT2D eigenvalue weighted by Gasteiger charge is -2.16. The minimum absolute atomic E-state index is 0.159. The van der Waals surface area contributed by atoms with Crippen LogP contribution in [-0.4, -0.2) is 12.6 Å². The maximum atomic E-state index is 11.9. The first kappa shape index (κ1) is 15.1. The van der Waals surface area contributed by atoms with Gasteiger partial charge in [0.1, 0.15) is 0 Å². The average molecular weight is 282 g/mol. The highest BCUT2D eigenvalue weighted by molar-refractivity contribution is 5.89. The first-order valence-electron chi connectivity index (χ1n) is 7.35. The van der Waals surface area contributed by atoms with Gasteiger partial charge in [-0.2, -0.15) is 0 Å². The summed E-state index contributed by atoms with van der Waals surface area (Å²) in [7, 11) is 0. The minimum Gasteiger partial charge on any atom is -0.337 e. The van der Waals surface area contributed by atoms with E-state index >= 15 is 0 Å². The molecule has 2 rings (SSSR count). The summed E-state index contributed by atoms with van der Waals surface area (Å²) in [4.78, 5) is 11.9. The fourth-order valence-electron chi connectivity index (χ4n) is 2.25. The first-order chi connectivity index (χ1) is 10.2. The van der Waals surface area contributed by atoms with Crippen LogP contribution in [0.1, 0.15) is 30.4 Å². The van der Waals surface area contributed by atoms with Crippen LogP contribution in [0.5, 0.6) is 0 Å². The second-order valence-corrected chi connectivity index (χ2v) is 5.22. The van der Waals surface area contributed by atoms with Crippen LogP contribution < -0.4 is 10.6 Å². The number of rotatable bonds is 5. The Labute approximate surface area is 126 Å². The number of amides is 2. The van der Waals surface area contributed by atoms with Crippen molar-refractivity contribution in [2.24, 2.45) is 0 Å². The number of hydrogen-bond donors (Lipinski definition) is 2. The molecule has 0 saturated heterocycles. The Bertz CT molecular complexity index is 564. The highest BCUT2D eigenvalue weighted by atomic mass is 16.2. The van der Waals surface area contributed by atoms with Gasteiger partial charge in [0, 0.05) is 18.2 Å². The molecule has 3 heteroatoms. The summed E-state index contributed by atoms with van der Waals surface area (Å²) in [5.74, 6) is 0.343. The fraction of sp³-hybridized carbons (Fsp3) is 0.278. The molecule has 0 aromatic heterocycles. The molecule has 0 radical (unpaired) electrons. The number of nitrogens with one attached hydrogen (secondary N) is 2. The summed E-state index contributed by atoms with van der Waals surface area (Å²) in [6, 6.07) is 17.9. The number of hydrogen-bond acceptors (Lipinski definition) is 1. The Morgan fingerprint density at radius 1 is 1.05 bits per heavy atom. The molecular formula is C18H22N2O. The van der Waals surface area contributed by atoms with Crippen LogP contribution >= 0.6 is 0 Å². The predicted molar refractivity (Wildman–Crippen MR) is 87.7 cm³/mol. The van der Waals surface area contributed by atoms with E-state index in [-0.39, 0.29) is 6.03 Å². The first-order valence-corrected chi connectivity index (χ1v) is 7.35. The number of carbonyl (C=O) groups excluding carboxylic acids is 1. The second-order valence-electron chi connectivity index (χ2n) is 5.22. The Morgan fingerprint density at radius 2 is 1.71 bits per heavy atom. The van der Waals surface area contributed by atoms with Crippen molar-refractivity contribution in [3.63, 3.8) is 0 Å². The molecule has 1 unspecified atom stereocenters. The molecule has 0 aliphatic carbocycles. The van der Waals surface area contributed by atoms with Crippen LogP contribution in [0.3, 0.4) is 0 Å². The smallest absolute Gasteiger partial charge is 0.319 e. The summed E-state index contributed by atoms with van der Waals surface area (Å²) in [5, 5.41) is 5.80. The van der Waals surface area contributed by atoms with Crippen molar-refractivity contribution in [1.29, 1.82) is 0 Å². The van der Waals surface area contributed by atoms with Crippen LogP contribution in [0.4, 0.5) is 10.5 Å². The molecule has 2 N–H and O–H groups in total. The van der Waals surface area contributed by atoms with E-state index in [9.17, 15) is 4.79 Å². The Morgan fingerprint density at radius 3 is 2.33 bits per heavy atom. The van der Waals surface area contributed by atoms with Crippen molar-refractivity contribution in [2.75, 3.05) is 11.9 Å². The molecule has 2 aromatic rings. The number of aryl methyl sites for hydroxylation is 1. The van der Waals surface area contributed by atoms with Gasteiger partial charge < -0.3 is 10.6 Å². The van der Waals surface area contributed by atoms with Crippen LogP contribution in [0, 0.1) is 6.92 Å². The molecule has 110 valence electrons. The standard InChI is InChI=1S/C18H22N2O/c1-3-15(16-7-5-4-6-8-16)13-19-18(21)20-17-11-9-14(2)10-12-17/h4-12,15H,3,13H2,1-2H3,(H2,19,20,21). The number of anilines is 1. The third-order valence-corrected chi connectivity index (χ3v) is 3.58. The molecular weight excluding hydrogens is 260 g/mol. The zero-order chi connectivity index (χ0) is 15.1. The van der Waals surface area contributed by atoms with Crippen molar-refractivity contribution in [3.05, 3.63) is 65.7 Å². The van der Waals surface area contributed by atoms with Crippen molar-refractivity contribution in [2.45, 2.75) is 26.2 Å². The lowest BCUT2D eigenvalue weighted by molar-refractivity contribution is 0.251. The molecule has 1 atom stereocenters. The summed E-state index contributed by atoms with van der Waals surface area (Å²) in [6.45, 7) is 4.80.